The van der Waals surface area contributed by atoms with Crippen molar-refractivity contribution >= 4 is 21.9 Å². The van der Waals surface area contributed by atoms with Crippen LogP contribution in [0.1, 0.15) is 114 Å². The van der Waals surface area contributed by atoms with Gasteiger partial charge in [0.25, 0.3) is 0 Å². The van der Waals surface area contributed by atoms with E-state index < -0.39 is 11.9 Å². The largest absolute Gasteiger partial charge is 0.481 e. The fourth-order valence-corrected chi connectivity index (χ4v) is 12.8. The Morgan fingerprint density at radius 3 is 2.44 bits per heavy atom. The lowest BCUT2D eigenvalue weighted by Gasteiger charge is -2.71. The molecule has 0 radical (unpaired) electrons. The van der Waals surface area contributed by atoms with Gasteiger partial charge in [-0.1, -0.05) is 74.0 Å². The standard InChI is InChI=1S/C39H63BrN4O4/c1-23(2)25(5)35(7)16-17-36(8)26-12-13-29-34(6)18-28(44-33(40)42-22-43-44)31(48-20-38(10,41-11)24(3)4)39(29,21-47-19-34)27(26)14-15-37(36,9)30(35)32(45)46/h14,22-26,28-31,41H,12-13,15-21H2,1-11H3,(H,45,46)/t25-,26+,28-,29-,30-,31+,34-,35-,36-,37+,38+,39+/m1/s1. The second kappa shape index (κ2) is 12.2. The quantitative estimate of drug-likeness (QED) is 0.247. The molecule has 5 aliphatic rings. The molecule has 8 nitrogen and oxygen atoms in total. The maximum Gasteiger partial charge on any atom is 0.307 e. The van der Waals surface area contributed by atoms with E-state index in [-0.39, 0.29) is 50.7 Å². The van der Waals surface area contributed by atoms with Crippen molar-refractivity contribution in [3.63, 3.8) is 0 Å². The van der Waals surface area contributed by atoms with Crippen molar-refractivity contribution < 1.29 is 19.4 Å². The summed E-state index contributed by atoms with van der Waals surface area (Å²) in [5, 5.41) is 19.5. The Kier molecular flexibility index (Phi) is 9.24. The summed E-state index contributed by atoms with van der Waals surface area (Å²) in [5.74, 6) is 0.745. The Bertz CT molecular complexity index is 1430. The number of carboxylic acid groups (broad SMARTS) is 1. The summed E-state index contributed by atoms with van der Waals surface area (Å²) in [6.07, 6.45) is 9.83. The molecule has 270 valence electrons. The van der Waals surface area contributed by atoms with E-state index in [2.05, 4.69) is 106 Å². The third kappa shape index (κ3) is 4.92. The molecule has 1 saturated heterocycles. The lowest BCUT2D eigenvalue weighted by molar-refractivity contribution is -0.255. The monoisotopic (exact) mass is 730 g/mol. The van der Waals surface area contributed by atoms with E-state index in [0.29, 0.717) is 36.9 Å². The summed E-state index contributed by atoms with van der Waals surface area (Å²) in [5.41, 5.74) is 0.0904. The average molecular weight is 732 g/mol. The maximum atomic E-state index is 13.5. The third-order valence-electron chi connectivity index (χ3n) is 16.3. The molecule has 4 aliphatic carbocycles. The fraction of sp³-hybridized carbons (Fsp3) is 0.872. The van der Waals surface area contributed by atoms with Gasteiger partial charge in [-0.2, -0.15) is 5.10 Å². The number of ether oxygens (including phenoxy) is 2. The van der Waals surface area contributed by atoms with Crippen molar-refractivity contribution in [2.24, 2.45) is 62.6 Å². The molecule has 2 heterocycles. The number of rotatable bonds is 9. The molecule has 0 unspecified atom stereocenters. The van der Waals surface area contributed by atoms with Crippen LogP contribution in [0.15, 0.2) is 22.7 Å². The summed E-state index contributed by atoms with van der Waals surface area (Å²) in [6, 6.07) is -0.0191. The molecule has 6 rings (SSSR count). The van der Waals surface area contributed by atoms with E-state index in [1.165, 1.54) is 5.57 Å². The number of nitrogens with zero attached hydrogens (tertiary/aromatic N) is 3. The number of allylic oxidation sites excluding steroid dienone is 1. The first kappa shape index (κ1) is 36.5. The van der Waals surface area contributed by atoms with Crippen LogP contribution in [0.5, 0.6) is 0 Å². The summed E-state index contributed by atoms with van der Waals surface area (Å²) >= 11 is 3.74. The number of aliphatic carboxylic acids is 1. The van der Waals surface area contributed by atoms with Crippen LogP contribution >= 0.6 is 15.9 Å². The van der Waals surface area contributed by atoms with Gasteiger partial charge < -0.3 is 19.9 Å². The van der Waals surface area contributed by atoms with Crippen molar-refractivity contribution in [1.82, 2.24) is 20.1 Å². The van der Waals surface area contributed by atoms with Gasteiger partial charge in [-0.05, 0) is 120 Å². The number of carbonyl (C=O) groups is 1. The SMILES string of the molecule is CN[C@@](C)(CO[C@H]1[C@H](n2ncnc2Br)C[C@]2(C)COC[C@@]13C1=CC[C@@]4(C)[C@H](C(=O)O)[C@@](C)([C@H](C)C(C)C)CC[C@]4(C)[C@H]1CC[C@H]23)C(C)C. The molecule has 0 amide bonds. The molecule has 12 atom stereocenters. The Morgan fingerprint density at radius 2 is 1.85 bits per heavy atom. The minimum Gasteiger partial charge on any atom is -0.481 e. The van der Waals surface area contributed by atoms with Gasteiger partial charge in [-0.25, -0.2) is 9.67 Å². The van der Waals surface area contributed by atoms with Crippen LogP contribution in [-0.2, 0) is 14.3 Å². The highest BCUT2D eigenvalue weighted by atomic mass is 79.9. The van der Waals surface area contributed by atoms with E-state index in [4.69, 9.17) is 14.6 Å². The first-order valence-corrected chi connectivity index (χ1v) is 19.5. The van der Waals surface area contributed by atoms with Crippen LogP contribution in [0.4, 0.5) is 0 Å². The lowest BCUT2D eigenvalue weighted by atomic mass is 9.34. The van der Waals surface area contributed by atoms with Crippen molar-refractivity contribution in [2.45, 2.75) is 125 Å². The zero-order valence-corrected chi connectivity index (χ0v) is 33.1. The Labute approximate surface area is 298 Å². The highest BCUT2D eigenvalue weighted by Gasteiger charge is 2.72. The van der Waals surface area contributed by atoms with E-state index in [1.54, 1.807) is 6.33 Å². The van der Waals surface area contributed by atoms with Crippen LogP contribution in [-0.4, -0.2) is 64.4 Å². The van der Waals surface area contributed by atoms with Gasteiger partial charge in [0.05, 0.1) is 37.9 Å². The minimum absolute atomic E-state index is 0.0191. The Hall–Kier alpha value is -1.29. The number of hydrogen-bond donors (Lipinski definition) is 2. The molecule has 9 heteroatoms. The number of carboxylic acids is 1. The van der Waals surface area contributed by atoms with Gasteiger partial charge in [0, 0.05) is 11.0 Å². The number of likely N-dealkylation sites (N-methyl/N-ethyl adjacent to an activating group) is 1. The Balaban J connectivity index is 1.52. The minimum atomic E-state index is -0.620. The van der Waals surface area contributed by atoms with Gasteiger partial charge in [0.2, 0.25) is 0 Å². The van der Waals surface area contributed by atoms with Crippen LogP contribution in [0.2, 0.25) is 0 Å². The number of aromatic nitrogens is 3. The number of halogens is 1. The number of hydrogen-bond acceptors (Lipinski definition) is 6. The molecular formula is C39H63BrN4O4. The van der Waals surface area contributed by atoms with Crippen molar-refractivity contribution in [2.75, 3.05) is 26.9 Å². The predicted octanol–water partition coefficient (Wildman–Crippen LogP) is 8.19. The van der Waals surface area contributed by atoms with Gasteiger partial charge in [0.15, 0.2) is 4.73 Å². The van der Waals surface area contributed by atoms with Crippen LogP contribution in [0, 0.1) is 62.6 Å². The van der Waals surface area contributed by atoms with Gasteiger partial charge in [-0.15, -0.1) is 0 Å². The molecule has 4 fully saturated rings. The van der Waals surface area contributed by atoms with Crippen LogP contribution < -0.4 is 5.32 Å². The van der Waals surface area contributed by atoms with Crippen molar-refractivity contribution in [3.8, 4) is 0 Å². The summed E-state index contributed by atoms with van der Waals surface area (Å²) < 4.78 is 16.9. The highest BCUT2D eigenvalue weighted by molar-refractivity contribution is 9.10. The molecule has 2 N–H and O–H groups in total. The van der Waals surface area contributed by atoms with E-state index >= 15 is 0 Å². The molecular weight excluding hydrogens is 668 g/mol. The van der Waals surface area contributed by atoms with Crippen LogP contribution in [0.3, 0.4) is 0 Å². The maximum absolute atomic E-state index is 13.5. The Morgan fingerprint density at radius 1 is 1.15 bits per heavy atom. The second-order valence-corrected chi connectivity index (χ2v) is 19.4. The molecule has 1 aliphatic heterocycles. The topological polar surface area (TPSA) is 98.5 Å². The number of fused-ring (bicyclic) bond motifs is 3. The first-order chi connectivity index (χ1) is 22.4. The predicted molar refractivity (Wildman–Crippen MR) is 192 cm³/mol. The highest BCUT2D eigenvalue weighted by Crippen LogP contribution is 2.75. The van der Waals surface area contributed by atoms with E-state index in [0.717, 1.165) is 49.9 Å². The smallest absolute Gasteiger partial charge is 0.307 e. The molecule has 48 heavy (non-hydrogen) atoms. The molecule has 0 spiro atoms. The molecule has 1 aromatic heterocycles. The molecule has 1 aromatic rings. The fourth-order valence-electron chi connectivity index (χ4n) is 12.3. The molecule has 3 saturated carbocycles. The average Bonchev–Trinajstić information content (AvgIpc) is 3.45. The molecule has 2 bridgehead atoms. The lowest BCUT2D eigenvalue weighted by Crippen LogP contribution is -2.70. The zero-order chi connectivity index (χ0) is 35.2. The summed E-state index contributed by atoms with van der Waals surface area (Å²) in [4.78, 5) is 18.1. The van der Waals surface area contributed by atoms with Crippen molar-refractivity contribution in [3.05, 3.63) is 22.7 Å². The number of nitrogens with one attached hydrogen (secondary N) is 1. The second-order valence-electron chi connectivity index (χ2n) is 18.7. The summed E-state index contributed by atoms with van der Waals surface area (Å²) in [6.45, 7) is 25.0. The van der Waals surface area contributed by atoms with Crippen LogP contribution in [0.25, 0.3) is 0 Å². The first-order valence-electron chi connectivity index (χ1n) is 18.7. The van der Waals surface area contributed by atoms with Gasteiger partial charge >= 0.3 is 5.97 Å². The molecule has 0 aromatic carbocycles. The third-order valence-corrected chi connectivity index (χ3v) is 16.8. The van der Waals surface area contributed by atoms with E-state index in [9.17, 15) is 9.90 Å². The van der Waals surface area contributed by atoms with Crippen molar-refractivity contribution in [1.29, 1.82) is 0 Å². The van der Waals surface area contributed by atoms with Gasteiger partial charge in [-0.3, -0.25) is 4.79 Å². The zero-order valence-electron chi connectivity index (χ0n) is 31.5. The normalized spacial score (nSPS) is 44.3. The summed E-state index contributed by atoms with van der Waals surface area (Å²) in [7, 11) is 2.04. The van der Waals surface area contributed by atoms with Gasteiger partial charge in [0.1, 0.15) is 6.33 Å². The van der Waals surface area contributed by atoms with E-state index in [1.807, 2.05) is 7.05 Å².